The number of benzene rings is 1. The molecule has 1 aromatic rings. The summed E-state index contributed by atoms with van der Waals surface area (Å²) in [6.07, 6.45) is 3.17. The summed E-state index contributed by atoms with van der Waals surface area (Å²) < 4.78 is 34.8. The standard InChI is InChI=1S/C21H27NO5S/c1-20(2,3)17-12-14(13-18(19(17)23)21(4,5)6)22-27-28(24,25)16-10-8-15(26-7)9-11-16/h8-13H,1-7H3. The number of ketones is 1. The van der Waals surface area contributed by atoms with Gasteiger partial charge in [0.2, 0.25) is 0 Å². The van der Waals surface area contributed by atoms with E-state index in [1.165, 1.54) is 31.4 Å². The average molecular weight is 406 g/mol. The molecule has 1 aliphatic carbocycles. The number of ether oxygens (including phenoxy) is 1. The summed E-state index contributed by atoms with van der Waals surface area (Å²) >= 11 is 0. The molecule has 0 radical (unpaired) electrons. The second-order valence-corrected chi connectivity index (χ2v) is 10.2. The molecule has 0 spiro atoms. The van der Waals surface area contributed by atoms with E-state index in [1.807, 2.05) is 41.5 Å². The smallest absolute Gasteiger partial charge is 0.358 e. The van der Waals surface area contributed by atoms with E-state index in [-0.39, 0.29) is 16.4 Å². The van der Waals surface area contributed by atoms with E-state index in [0.29, 0.717) is 16.9 Å². The third kappa shape index (κ3) is 4.90. The first-order valence-corrected chi connectivity index (χ1v) is 10.3. The van der Waals surface area contributed by atoms with Crippen LogP contribution in [0.2, 0.25) is 0 Å². The highest BCUT2D eigenvalue weighted by Crippen LogP contribution is 2.37. The Morgan fingerprint density at radius 1 is 0.857 bits per heavy atom. The Balaban J connectivity index is 2.42. The topological polar surface area (TPSA) is 82.0 Å². The maximum Gasteiger partial charge on any atom is 0.358 e. The van der Waals surface area contributed by atoms with Gasteiger partial charge in [-0.25, -0.2) is 0 Å². The van der Waals surface area contributed by atoms with Crippen LogP contribution in [0.15, 0.2) is 57.6 Å². The van der Waals surface area contributed by atoms with Crippen LogP contribution in [0.1, 0.15) is 41.5 Å². The number of oxime groups is 1. The van der Waals surface area contributed by atoms with Crippen LogP contribution in [0.25, 0.3) is 0 Å². The monoisotopic (exact) mass is 405 g/mol. The van der Waals surface area contributed by atoms with Crippen molar-refractivity contribution in [1.29, 1.82) is 0 Å². The zero-order valence-corrected chi connectivity index (χ0v) is 18.2. The second kappa shape index (κ2) is 7.54. The number of methoxy groups -OCH3 is 1. The fourth-order valence-corrected chi connectivity index (χ4v) is 3.40. The van der Waals surface area contributed by atoms with Gasteiger partial charge in [-0.15, -0.1) is 0 Å². The lowest BCUT2D eigenvalue weighted by Gasteiger charge is -2.30. The molecule has 0 saturated carbocycles. The SMILES string of the molecule is COc1ccc(S(=O)(=O)ON=C2C=C(C(C)(C)C)C(=O)C(C(C)(C)C)=C2)cc1. The average Bonchev–Trinajstić information content (AvgIpc) is 2.59. The molecular formula is C21H27NO5S. The maximum absolute atomic E-state index is 12.9. The van der Waals surface area contributed by atoms with E-state index < -0.39 is 20.9 Å². The highest BCUT2D eigenvalue weighted by molar-refractivity contribution is 7.86. The molecule has 0 fully saturated rings. The van der Waals surface area contributed by atoms with Gasteiger partial charge in [-0.1, -0.05) is 46.7 Å². The molecule has 0 amide bonds. The molecule has 28 heavy (non-hydrogen) atoms. The molecule has 1 aromatic carbocycles. The predicted octanol–water partition coefficient (Wildman–Crippen LogP) is 4.28. The van der Waals surface area contributed by atoms with Crippen molar-refractivity contribution in [2.45, 2.75) is 46.4 Å². The lowest BCUT2D eigenvalue weighted by molar-refractivity contribution is -0.114. The number of hydrogen-bond donors (Lipinski definition) is 0. The number of carbonyl (C=O) groups is 1. The molecule has 0 atom stereocenters. The van der Waals surface area contributed by atoms with Crippen molar-refractivity contribution in [3.05, 3.63) is 47.6 Å². The lowest BCUT2D eigenvalue weighted by Crippen LogP contribution is -2.29. The molecule has 6 nitrogen and oxygen atoms in total. The molecule has 0 saturated heterocycles. The van der Waals surface area contributed by atoms with Crippen LogP contribution in [-0.2, 0) is 19.2 Å². The summed E-state index contributed by atoms with van der Waals surface area (Å²) in [5.41, 5.74) is 0.564. The number of rotatable bonds is 4. The molecule has 152 valence electrons. The lowest BCUT2D eigenvalue weighted by atomic mass is 9.72. The zero-order chi connectivity index (χ0) is 21.3. The van der Waals surface area contributed by atoms with Gasteiger partial charge in [0.1, 0.15) is 16.4 Å². The van der Waals surface area contributed by atoms with E-state index in [9.17, 15) is 13.2 Å². The van der Waals surface area contributed by atoms with Gasteiger partial charge in [-0.3, -0.25) is 9.08 Å². The molecule has 7 heteroatoms. The van der Waals surface area contributed by atoms with Gasteiger partial charge < -0.3 is 4.74 Å². The third-order valence-electron chi connectivity index (χ3n) is 4.28. The predicted molar refractivity (Wildman–Crippen MR) is 109 cm³/mol. The first-order chi connectivity index (χ1) is 12.8. The molecule has 0 heterocycles. The van der Waals surface area contributed by atoms with Crippen molar-refractivity contribution in [2.24, 2.45) is 16.0 Å². The number of hydrogen-bond acceptors (Lipinski definition) is 6. The van der Waals surface area contributed by atoms with Gasteiger partial charge in [-0.05, 0) is 47.2 Å². The molecule has 0 N–H and O–H groups in total. The van der Waals surface area contributed by atoms with Crippen LogP contribution in [-0.4, -0.2) is 27.0 Å². The Kier molecular flexibility index (Phi) is 5.90. The summed E-state index contributed by atoms with van der Waals surface area (Å²) in [5.74, 6) is 0.475. The summed E-state index contributed by atoms with van der Waals surface area (Å²) in [5, 5.41) is 3.83. The molecule has 1 aliphatic rings. The summed E-state index contributed by atoms with van der Waals surface area (Å²) in [6.45, 7) is 11.6. The number of nitrogens with zero attached hydrogens (tertiary/aromatic N) is 1. The van der Waals surface area contributed by atoms with Crippen LogP contribution in [0.5, 0.6) is 5.75 Å². The molecule has 0 aromatic heterocycles. The Bertz CT molecular complexity index is 918. The first-order valence-electron chi connectivity index (χ1n) is 8.90. The first kappa shape index (κ1) is 21.9. The quantitative estimate of drug-likeness (QED) is 0.551. The summed E-state index contributed by atoms with van der Waals surface area (Å²) in [6, 6.07) is 5.81. The molecule has 2 rings (SSSR count). The number of Topliss-reactive ketones (excluding diaryl/α,β-unsaturated/α-hetero) is 1. The Morgan fingerprint density at radius 3 is 1.71 bits per heavy atom. The highest BCUT2D eigenvalue weighted by atomic mass is 32.2. The van der Waals surface area contributed by atoms with E-state index in [0.717, 1.165) is 0 Å². The largest absolute Gasteiger partial charge is 0.497 e. The van der Waals surface area contributed by atoms with Crippen molar-refractivity contribution < 1.29 is 22.2 Å². The van der Waals surface area contributed by atoms with E-state index >= 15 is 0 Å². The van der Waals surface area contributed by atoms with Crippen LogP contribution in [0, 0.1) is 10.8 Å². The molecule has 0 aliphatic heterocycles. The van der Waals surface area contributed by atoms with Gasteiger partial charge in [0, 0.05) is 11.1 Å². The highest BCUT2D eigenvalue weighted by Gasteiger charge is 2.34. The van der Waals surface area contributed by atoms with E-state index in [2.05, 4.69) is 5.16 Å². The fraction of sp³-hybridized carbons (Fsp3) is 0.429. The minimum absolute atomic E-state index is 0.0374. The molecule has 0 unspecified atom stereocenters. The van der Waals surface area contributed by atoms with Gasteiger partial charge in [0.15, 0.2) is 5.78 Å². The maximum atomic E-state index is 12.9. The summed E-state index contributed by atoms with van der Waals surface area (Å²) in [4.78, 5) is 12.8. The second-order valence-electron chi connectivity index (χ2n) is 8.67. The third-order valence-corrected chi connectivity index (χ3v) is 5.40. The minimum Gasteiger partial charge on any atom is -0.497 e. The van der Waals surface area contributed by atoms with Crippen molar-refractivity contribution in [3.8, 4) is 5.75 Å². The molecule has 0 bridgehead atoms. The van der Waals surface area contributed by atoms with Crippen LogP contribution in [0.4, 0.5) is 0 Å². The zero-order valence-electron chi connectivity index (χ0n) is 17.4. The van der Waals surface area contributed by atoms with Gasteiger partial charge in [0.25, 0.3) is 0 Å². The fourth-order valence-electron chi connectivity index (χ4n) is 2.66. The number of allylic oxidation sites excluding steroid dienone is 4. The van der Waals surface area contributed by atoms with Crippen molar-refractivity contribution >= 4 is 21.6 Å². The Labute approximate surface area is 167 Å². The molecular weight excluding hydrogens is 378 g/mol. The normalized spacial score (nSPS) is 15.7. The van der Waals surface area contributed by atoms with E-state index in [4.69, 9.17) is 9.02 Å². The van der Waals surface area contributed by atoms with Crippen molar-refractivity contribution in [2.75, 3.05) is 7.11 Å². The minimum atomic E-state index is -4.09. The van der Waals surface area contributed by atoms with Gasteiger partial charge >= 0.3 is 10.1 Å². The summed E-state index contributed by atoms with van der Waals surface area (Å²) in [7, 11) is -2.60. The Hall–Kier alpha value is -2.41. The van der Waals surface area contributed by atoms with Crippen LogP contribution in [0.3, 0.4) is 0 Å². The van der Waals surface area contributed by atoms with Crippen LogP contribution < -0.4 is 4.74 Å². The van der Waals surface area contributed by atoms with Gasteiger partial charge in [0.05, 0.1) is 7.11 Å². The van der Waals surface area contributed by atoms with E-state index in [1.54, 1.807) is 12.2 Å². The van der Waals surface area contributed by atoms with Crippen molar-refractivity contribution in [3.63, 3.8) is 0 Å². The van der Waals surface area contributed by atoms with Crippen LogP contribution >= 0.6 is 0 Å². The van der Waals surface area contributed by atoms with Crippen molar-refractivity contribution in [1.82, 2.24) is 0 Å². The Morgan fingerprint density at radius 2 is 1.32 bits per heavy atom. The van der Waals surface area contributed by atoms with Gasteiger partial charge in [-0.2, -0.15) is 8.42 Å². The number of carbonyl (C=O) groups excluding carboxylic acids is 1.